The van der Waals surface area contributed by atoms with Crippen molar-refractivity contribution in [2.75, 3.05) is 0 Å². The Bertz CT molecular complexity index is 945. The largest absolute Gasteiger partial charge is 0.522 e. The quantitative estimate of drug-likeness (QED) is 0.367. The van der Waals surface area contributed by atoms with Crippen LogP contribution in [0.2, 0.25) is 0 Å². The van der Waals surface area contributed by atoms with Gasteiger partial charge in [-0.1, -0.05) is 55.5 Å². The highest BCUT2D eigenvalue weighted by molar-refractivity contribution is 5.91. The second-order valence-corrected chi connectivity index (χ2v) is 6.40. The Labute approximate surface area is 166 Å². The second-order valence-electron chi connectivity index (χ2n) is 6.40. The lowest BCUT2D eigenvalue weighted by atomic mass is 10.0. The Morgan fingerprint density at radius 1 is 0.793 bits per heavy atom. The lowest BCUT2D eigenvalue weighted by Crippen LogP contribution is -2.13. The minimum atomic E-state index is -4.69. The van der Waals surface area contributed by atoms with E-state index in [0.29, 0.717) is 11.1 Å². The molecule has 150 valence electrons. The van der Waals surface area contributed by atoms with Gasteiger partial charge in [-0.25, -0.2) is 4.79 Å². The summed E-state index contributed by atoms with van der Waals surface area (Å²) in [6.45, 7) is 1.50. The summed E-state index contributed by atoms with van der Waals surface area (Å²) in [6, 6.07) is 20.9. The maximum atomic E-state index is 12.3. The molecule has 0 saturated heterocycles. The minimum absolute atomic E-state index is 0.241. The van der Waals surface area contributed by atoms with E-state index in [0.717, 1.165) is 17.5 Å². The number of esters is 1. The van der Waals surface area contributed by atoms with Crippen LogP contribution in [0.1, 0.15) is 28.4 Å². The van der Waals surface area contributed by atoms with Crippen LogP contribution < -0.4 is 4.74 Å². The van der Waals surface area contributed by atoms with E-state index in [1.807, 2.05) is 24.3 Å². The van der Waals surface area contributed by atoms with Crippen molar-refractivity contribution in [2.24, 2.45) is 0 Å². The van der Waals surface area contributed by atoms with Crippen molar-refractivity contribution >= 4 is 5.97 Å². The van der Waals surface area contributed by atoms with Crippen LogP contribution in [0, 0.1) is 0 Å². The van der Waals surface area contributed by atoms with Crippen molar-refractivity contribution in [2.45, 2.75) is 26.3 Å². The molecule has 0 unspecified atom stereocenters. The van der Waals surface area contributed by atoms with Crippen LogP contribution in [0.5, 0.6) is 5.75 Å². The lowest BCUT2D eigenvalue weighted by molar-refractivity contribution is -0.330. The molecule has 0 atom stereocenters. The molecule has 0 N–H and O–H groups in total. The molecule has 0 spiro atoms. The average Bonchev–Trinajstić information content (AvgIpc) is 2.73. The van der Waals surface area contributed by atoms with E-state index in [2.05, 4.69) is 23.8 Å². The first kappa shape index (κ1) is 20.6. The van der Waals surface area contributed by atoms with Gasteiger partial charge in [0.15, 0.2) is 0 Å². The van der Waals surface area contributed by atoms with Gasteiger partial charge in [-0.2, -0.15) is 0 Å². The molecule has 0 aliphatic heterocycles. The molecule has 0 radical (unpaired) electrons. The van der Waals surface area contributed by atoms with Gasteiger partial charge in [-0.15, -0.1) is 13.2 Å². The molecule has 29 heavy (non-hydrogen) atoms. The SMILES string of the molecule is CCc1ccc(-c2ccc(C(=O)Oc3ccc(COC(F)(F)F)cc3)cc2)cc1. The summed E-state index contributed by atoms with van der Waals surface area (Å²) in [6.07, 6.45) is -3.71. The number of aryl methyl sites for hydroxylation is 1. The third kappa shape index (κ3) is 5.93. The number of halogens is 3. The summed E-state index contributed by atoms with van der Waals surface area (Å²) in [5.74, 6) is -0.304. The minimum Gasteiger partial charge on any atom is -0.423 e. The highest BCUT2D eigenvalue weighted by Gasteiger charge is 2.28. The van der Waals surface area contributed by atoms with Crippen LogP contribution in [-0.4, -0.2) is 12.3 Å². The summed E-state index contributed by atoms with van der Waals surface area (Å²) in [5, 5.41) is 0. The van der Waals surface area contributed by atoms with Crippen molar-refractivity contribution in [1.82, 2.24) is 0 Å². The maximum Gasteiger partial charge on any atom is 0.522 e. The number of carbonyl (C=O) groups excluding carboxylic acids is 1. The number of ether oxygens (including phenoxy) is 2. The van der Waals surface area contributed by atoms with Crippen LogP contribution in [0.25, 0.3) is 11.1 Å². The molecule has 0 bridgehead atoms. The monoisotopic (exact) mass is 400 g/mol. The molecule has 0 aliphatic rings. The third-order valence-corrected chi connectivity index (χ3v) is 4.35. The van der Waals surface area contributed by atoms with Gasteiger partial charge in [0.25, 0.3) is 0 Å². The molecule has 0 aliphatic carbocycles. The lowest BCUT2D eigenvalue weighted by Gasteiger charge is -2.09. The highest BCUT2D eigenvalue weighted by atomic mass is 19.4. The fourth-order valence-corrected chi connectivity index (χ4v) is 2.72. The fraction of sp³-hybridized carbons (Fsp3) is 0.174. The van der Waals surface area contributed by atoms with Crippen molar-refractivity contribution in [1.29, 1.82) is 0 Å². The van der Waals surface area contributed by atoms with Crippen LogP contribution in [0.3, 0.4) is 0 Å². The van der Waals surface area contributed by atoms with Crippen molar-refractivity contribution in [3.63, 3.8) is 0 Å². The first-order valence-corrected chi connectivity index (χ1v) is 9.05. The zero-order chi connectivity index (χ0) is 20.9. The Morgan fingerprint density at radius 3 is 1.83 bits per heavy atom. The molecule has 0 amide bonds. The predicted molar refractivity (Wildman–Crippen MR) is 104 cm³/mol. The number of alkyl halides is 3. The van der Waals surface area contributed by atoms with E-state index in [9.17, 15) is 18.0 Å². The Morgan fingerprint density at radius 2 is 1.31 bits per heavy atom. The maximum absolute atomic E-state index is 12.3. The molecule has 3 aromatic carbocycles. The van der Waals surface area contributed by atoms with E-state index < -0.39 is 18.9 Å². The average molecular weight is 400 g/mol. The standard InChI is InChI=1S/C23H19F3O3/c1-2-16-3-7-18(8-4-16)19-9-11-20(12-10-19)22(27)29-21-13-5-17(6-14-21)15-28-23(24,25)26/h3-14H,2,15H2,1H3. The zero-order valence-corrected chi connectivity index (χ0v) is 15.7. The van der Waals surface area contributed by atoms with Crippen molar-refractivity contribution < 1.29 is 27.4 Å². The van der Waals surface area contributed by atoms with Gasteiger partial charge in [0, 0.05) is 0 Å². The molecular weight excluding hydrogens is 381 g/mol. The first-order valence-electron chi connectivity index (χ1n) is 9.05. The van der Waals surface area contributed by atoms with Gasteiger partial charge >= 0.3 is 12.3 Å². The Kier molecular flexibility index (Phi) is 6.34. The van der Waals surface area contributed by atoms with Crippen LogP contribution in [0.15, 0.2) is 72.8 Å². The zero-order valence-electron chi connectivity index (χ0n) is 15.7. The number of benzene rings is 3. The predicted octanol–water partition coefficient (Wildman–Crippen LogP) is 6.17. The van der Waals surface area contributed by atoms with Gasteiger partial charge in [0.2, 0.25) is 0 Å². The molecule has 0 heterocycles. The van der Waals surface area contributed by atoms with E-state index in [1.165, 1.54) is 29.8 Å². The summed E-state index contributed by atoms with van der Waals surface area (Å²) in [4.78, 5) is 12.3. The van der Waals surface area contributed by atoms with Gasteiger partial charge in [-0.3, -0.25) is 4.74 Å². The second kappa shape index (κ2) is 8.92. The fourth-order valence-electron chi connectivity index (χ4n) is 2.72. The molecule has 3 aromatic rings. The summed E-state index contributed by atoms with van der Waals surface area (Å²) in [5.41, 5.74) is 3.99. The molecule has 3 rings (SSSR count). The van der Waals surface area contributed by atoms with Gasteiger partial charge in [-0.05, 0) is 52.9 Å². The summed E-state index contributed by atoms with van der Waals surface area (Å²) in [7, 11) is 0. The molecule has 3 nitrogen and oxygen atoms in total. The van der Waals surface area contributed by atoms with Gasteiger partial charge in [0.1, 0.15) is 5.75 Å². The molecule has 0 saturated carbocycles. The number of hydrogen-bond acceptors (Lipinski definition) is 3. The van der Waals surface area contributed by atoms with E-state index in [4.69, 9.17) is 4.74 Å². The highest BCUT2D eigenvalue weighted by Crippen LogP contribution is 2.23. The van der Waals surface area contributed by atoms with Crippen LogP contribution in [0.4, 0.5) is 13.2 Å². The Balaban J connectivity index is 1.61. The molecule has 6 heteroatoms. The van der Waals surface area contributed by atoms with Crippen LogP contribution in [-0.2, 0) is 17.8 Å². The molecule has 0 aromatic heterocycles. The normalized spacial score (nSPS) is 11.3. The smallest absolute Gasteiger partial charge is 0.423 e. The first-order chi connectivity index (χ1) is 13.8. The molecular formula is C23H19F3O3. The van der Waals surface area contributed by atoms with Crippen molar-refractivity contribution in [3.05, 3.63) is 89.5 Å². The number of rotatable bonds is 6. The van der Waals surface area contributed by atoms with E-state index in [1.54, 1.807) is 12.1 Å². The molecule has 0 fully saturated rings. The van der Waals surface area contributed by atoms with Gasteiger partial charge < -0.3 is 4.74 Å². The summed E-state index contributed by atoms with van der Waals surface area (Å²) >= 11 is 0. The summed E-state index contributed by atoms with van der Waals surface area (Å²) < 4.78 is 45.2. The van der Waals surface area contributed by atoms with E-state index >= 15 is 0 Å². The van der Waals surface area contributed by atoms with Crippen LogP contribution >= 0.6 is 0 Å². The number of carbonyl (C=O) groups is 1. The number of hydrogen-bond donors (Lipinski definition) is 0. The van der Waals surface area contributed by atoms with E-state index in [-0.39, 0.29) is 5.75 Å². The van der Waals surface area contributed by atoms with Gasteiger partial charge in [0.05, 0.1) is 12.2 Å². The van der Waals surface area contributed by atoms with Crippen molar-refractivity contribution in [3.8, 4) is 16.9 Å². The Hall–Kier alpha value is -3.12. The topological polar surface area (TPSA) is 35.5 Å². The third-order valence-electron chi connectivity index (χ3n) is 4.35.